The molecule has 0 saturated carbocycles. The molecule has 17 heteroatoms. The van der Waals surface area contributed by atoms with Gasteiger partial charge >= 0.3 is 24.3 Å². The van der Waals surface area contributed by atoms with Crippen molar-refractivity contribution in [3.05, 3.63) is 47.5 Å². The zero-order valence-electron chi connectivity index (χ0n) is 31.9. The molecule has 3 heterocycles. The minimum atomic E-state index is -1.12. The van der Waals surface area contributed by atoms with Crippen LogP contribution >= 0.6 is 11.6 Å². The van der Waals surface area contributed by atoms with Crippen molar-refractivity contribution in [2.24, 2.45) is 5.92 Å². The Hall–Kier alpha value is -4.54. The quantitative estimate of drug-likeness (QED) is 0.120. The highest BCUT2D eigenvalue weighted by atomic mass is 35.5. The second-order valence-corrected chi connectivity index (χ2v) is 15.6. The van der Waals surface area contributed by atoms with Gasteiger partial charge in [-0.15, -0.1) is 0 Å². The van der Waals surface area contributed by atoms with E-state index in [9.17, 15) is 19.2 Å². The van der Waals surface area contributed by atoms with Crippen LogP contribution < -0.4 is 4.90 Å². The summed E-state index contributed by atoms with van der Waals surface area (Å²) >= 11 is 6.42. The number of esters is 1. The Morgan fingerprint density at radius 3 is 2.04 bits per heavy atom. The van der Waals surface area contributed by atoms with Gasteiger partial charge in [0.15, 0.2) is 35.4 Å². The number of anilines is 1. The summed E-state index contributed by atoms with van der Waals surface area (Å²) in [5.41, 5.74) is -2.34. The van der Waals surface area contributed by atoms with Gasteiger partial charge in [0.05, 0.1) is 25.6 Å². The topological polar surface area (TPSA) is 180 Å². The van der Waals surface area contributed by atoms with Crippen molar-refractivity contribution < 1.29 is 52.3 Å². The lowest BCUT2D eigenvalue weighted by Crippen LogP contribution is -2.44. The normalized spacial score (nSPS) is 19.7. The third-order valence-corrected chi connectivity index (χ3v) is 7.53. The van der Waals surface area contributed by atoms with E-state index in [1.54, 1.807) is 100 Å². The van der Waals surface area contributed by atoms with Crippen LogP contribution in [0.25, 0.3) is 11.2 Å². The first-order chi connectivity index (χ1) is 24.6. The van der Waals surface area contributed by atoms with Gasteiger partial charge in [-0.1, -0.05) is 37.3 Å². The van der Waals surface area contributed by atoms with Crippen LogP contribution in [0, 0.1) is 5.92 Å². The van der Waals surface area contributed by atoms with Gasteiger partial charge in [-0.3, -0.25) is 4.57 Å². The molecule has 1 fully saturated rings. The fourth-order valence-corrected chi connectivity index (χ4v) is 5.40. The molecule has 0 radical (unpaired) electrons. The second-order valence-electron chi connectivity index (χ2n) is 15.3. The van der Waals surface area contributed by atoms with Crippen molar-refractivity contribution in [1.29, 1.82) is 0 Å². The molecule has 2 aromatic heterocycles. The van der Waals surface area contributed by atoms with E-state index in [4.69, 9.17) is 44.8 Å². The largest absolute Gasteiger partial charge is 0.509 e. The number of nitrogens with zero attached hydrogens (tertiary/aromatic N) is 5. The summed E-state index contributed by atoms with van der Waals surface area (Å²) in [5.74, 6) is -1.46. The average molecular weight is 762 g/mol. The highest BCUT2D eigenvalue weighted by Gasteiger charge is 2.48. The summed E-state index contributed by atoms with van der Waals surface area (Å²) in [5, 5.41) is -0.359. The van der Waals surface area contributed by atoms with Crippen LogP contribution in [0.1, 0.15) is 94.1 Å². The van der Waals surface area contributed by atoms with Gasteiger partial charge in [-0.25, -0.2) is 24.2 Å². The van der Waals surface area contributed by atoms with Crippen molar-refractivity contribution >= 4 is 52.9 Å². The summed E-state index contributed by atoms with van der Waals surface area (Å²) < 4.78 is 41.7. The van der Waals surface area contributed by atoms with Crippen molar-refractivity contribution in [3.8, 4) is 0 Å². The zero-order chi connectivity index (χ0) is 39.5. The van der Waals surface area contributed by atoms with Crippen molar-refractivity contribution in [2.45, 2.75) is 118 Å². The SMILES string of the molecule is CCOC(=O)C(OC[C@H]1O[C@@H](n2cnc3c(N(C(=O)OC(C)(C)C)C(=O)OC(C)(C)C)nc(Cl)nc32)[C@H](OC(=O)OC(C)(C)C)[C@@H]1C)c1ccccc1. The number of halogens is 1. The number of imidazole rings is 1. The third-order valence-electron chi connectivity index (χ3n) is 7.37. The maximum Gasteiger partial charge on any atom is 0.509 e. The highest BCUT2D eigenvalue weighted by Crippen LogP contribution is 2.40. The summed E-state index contributed by atoms with van der Waals surface area (Å²) in [6, 6.07) is 8.85. The molecule has 3 aromatic rings. The number of carbonyl (C=O) groups excluding carboxylic acids is 4. The van der Waals surface area contributed by atoms with E-state index in [0.29, 0.717) is 10.5 Å². The molecule has 1 aromatic carbocycles. The van der Waals surface area contributed by atoms with Crippen molar-refractivity contribution in [1.82, 2.24) is 19.5 Å². The van der Waals surface area contributed by atoms with Crippen LogP contribution in [-0.4, -0.2) is 86.1 Å². The number of rotatable bonds is 9. The minimum Gasteiger partial charge on any atom is -0.464 e. The third kappa shape index (κ3) is 10.8. The molecule has 1 unspecified atom stereocenters. The Balaban J connectivity index is 1.77. The molecule has 5 atom stereocenters. The molecule has 0 aliphatic carbocycles. The minimum absolute atomic E-state index is 0.0161. The summed E-state index contributed by atoms with van der Waals surface area (Å²) in [6.07, 6.45) is -5.81. The lowest BCUT2D eigenvalue weighted by molar-refractivity contribution is -0.161. The van der Waals surface area contributed by atoms with Crippen LogP contribution in [0.3, 0.4) is 0 Å². The van der Waals surface area contributed by atoms with Crippen LogP contribution in [0.5, 0.6) is 0 Å². The number of fused-ring (bicyclic) bond motifs is 1. The number of hydrogen-bond acceptors (Lipinski definition) is 14. The standard InChI is InChI=1S/C36H48ClN5O11/c1-12-47-29(43)25(21-16-14-13-15-17-21)48-18-22-20(2)24(50-33(46)53-36(9,10)11)28(49-22)41-19-38-23-26(41)39-30(37)40-27(23)42(31(44)51-34(3,4)5)32(45)52-35(6,7)8/h13-17,19-20,22,24-25,28H,12,18H2,1-11H3/t20-,22-,24-,25?,28-/m1/s1. The van der Waals surface area contributed by atoms with Crippen LogP contribution in [0.2, 0.25) is 5.28 Å². The number of ether oxygens (including phenoxy) is 7. The number of hydrogen-bond donors (Lipinski definition) is 0. The molecule has 0 bridgehead atoms. The smallest absolute Gasteiger partial charge is 0.464 e. The van der Waals surface area contributed by atoms with Crippen LogP contribution in [0.4, 0.5) is 20.2 Å². The van der Waals surface area contributed by atoms with E-state index >= 15 is 0 Å². The zero-order valence-corrected chi connectivity index (χ0v) is 32.6. The molecule has 0 spiro atoms. The molecular formula is C36H48ClN5O11. The van der Waals surface area contributed by atoms with E-state index in [0.717, 1.165) is 0 Å². The lowest BCUT2D eigenvalue weighted by atomic mass is 10.0. The Bertz CT molecular complexity index is 1750. The molecule has 53 heavy (non-hydrogen) atoms. The number of carbonyl (C=O) groups is 4. The van der Waals surface area contributed by atoms with E-state index in [1.165, 1.54) is 10.9 Å². The summed E-state index contributed by atoms with van der Waals surface area (Å²) in [6.45, 7) is 18.4. The molecule has 1 aliphatic rings. The van der Waals surface area contributed by atoms with Gasteiger partial charge in [0, 0.05) is 5.92 Å². The molecule has 1 aliphatic heterocycles. The van der Waals surface area contributed by atoms with E-state index in [-0.39, 0.29) is 35.5 Å². The van der Waals surface area contributed by atoms with E-state index in [2.05, 4.69) is 15.0 Å². The van der Waals surface area contributed by atoms with Gasteiger partial charge in [0.1, 0.15) is 16.8 Å². The van der Waals surface area contributed by atoms with E-state index < -0.39 is 71.6 Å². The summed E-state index contributed by atoms with van der Waals surface area (Å²) in [4.78, 5) is 66.6. The second kappa shape index (κ2) is 16.2. The lowest BCUT2D eigenvalue weighted by Gasteiger charge is -2.28. The Labute approximate surface area is 313 Å². The Kier molecular flexibility index (Phi) is 12.6. The van der Waals surface area contributed by atoms with Crippen LogP contribution in [-0.2, 0) is 38.0 Å². The molecule has 16 nitrogen and oxygen atoms in total. The van der Waals surface area contributed by atoms with Gasteiger partial charge in [-0.05, 0) is 86.4 Å². The maximum atomic E-state index is 13.5. The maximum absolute atomic E-state index is 13.5. The number of imide groups is 1. The van der Waals surface area contributed by atoms with Gasteiger partial charge in [0.2, 0.25) is 5.28 Å². The van der Waals surface area contributed by atoms with Gasteiger partial charge in [0.25, 0.3) is 0 Å². The Morgan fingerprint density at radius 2 is 1.49 bits per heavy atom. The number of benzene rings is 1. The van der Waals surface area contributed by atoms with Crippen molar-refractivity contribution in [2.75, 3.05) is 18.1 Å². The Morgan fingerprint density at radius 1 is 0.906 bits per heavy atom. The molecule has 290 valence electrons. The van der Waals surface area contributed by atoms with E-state index in [1.807, 2.05) is 6.07 Å². The number of amides is 2. The molecule has 1 saturated heterocycles. The first-order valence-corrected chi connectivity index (χ1v) is 17.5. The van der Waals surface area contributed by atoms with Crippen LogP contribution in [0.15, 0.2) is 36.7 Å². The fraction of sp³-hybridized carbons (Fsp3) is 0.583. The molecular weight excluding hydrogens is 714 g/mol. The van der Waals surface area contributed by atoms with Gasteiger partial charge in [-0.2, -0.15) is 14.9 Å². The monoisotopic (exact) mass is 761 g/mol. The predicted octanol–water partition coefficient (Wildman–Crippen LogP) is 7.33. The molecule has 4 rings (SSSR count). The molecule has 0 N–H and O–H groups in total. The first-order valence-electron chi connectivity index (χ1n) is 17.1. The van der Waals surface area contributed by atoms with Gasteiger partial charge < -0.3 is 33.2 Å². The highest BCUT2D eigenvalue weighted by molar-refractivity contribution is 6.29. The predicted molar refractivity (Wildman–Crippen MR) is 191 cm³/mol. The first kappa shape index (κ1) is 41.2. The van der Waals surface area contributed by atoms with Crippen molar-refractivity contribution in [3.63, 3.8) is 0 Å². The average Bonchev–Trinajstić information content (AvgIpc) is 3.55. The number of aromatic nitrogens is 4. The fourth-order valence-electron chi connectivity index (χ4n) is 5.24. The molecule has 2 amide bonds. The summed E-state index contributed by atoms with van der Waals surface area (Å²) in [7, 11) is 0.